The highest BCUT2D eigenvalue weighted by Crippen LogP contribution is 2.34. The van der Waals surface area contributed by atoms with E-state index in [0.717, 1.165) is 0 Å². The molecule has 0 aliphatic rings. The van der Waals surface area contributed by atoms with E-state index >= 15 is 0 Å². The number of benzene rings is 1. The normalized spacial score (nSPS) is 11.2. The Labute approximate surface area is 178 Å². The Morgan fingerprint density at radius 3 is 2.17 bits per heavy atom. The fourth-order valence-electron chi connectivity index (χ4n) is 3.20. The average Bonchev–Trinajstić information content (AvgIpc) is 2.91. The van der Waals surface area contributed by atoms with E-state index in [0.29, 0.717) is 11.4 Å². The molecule has 0 fully saturated rings. The molecule has 0 bridgehead atoms. The van der Waals surface area contributed by atoms with E-state index in [4.69, 9.17) is 9.47 Å². The molecule has 2 rings (SSSR count). The van der Waals surface area contributed by atoms with Crippen molar-refractivity contribution < 1.29 is 19.1 Å². The molecular formula is C21H25BrN2O5. The number of hydrogen-bond acceptors (Lipinski definition) is 5. The largest absolute Gasteiger partial charge is 0.465 e. The van der Waals surface area contributed by atoms with Gasteiger partial charge in [-0.1, -0.05) is 24.3 Å². The second kappa shape index (κ2) is 9.73. The lowest BCUT2D eigenvalue weighted by Gasteiger charge is -2.28. The van der Waals surface area contributed by atoms with Gasteiger partial charge in [0.1, 0.15) is 4.47 Å². The first kappa shape index (κ1) is 22.7. The van der Waals surface area contributed by atoms with E-state index in [-0.39, 0.29) is 36.1 Å². The van der Waals surface area contributed by atoms with Crippen molar-refractivity contribution in [2.45, 2.75) is 26.7 Å². The average molecular weight is 465 g/mol. The minimum absolute atomic E-state index is 0.0157. The number of rotatable bonds is 9. The van der Waals surface area contributed by atoms with Crippen LogP contribution >= 0.6 is 15.9 Å². The summed E-state index contributed by atoms with van der Waals surface area (Å²) in [5, 5.41) is 0. The molecule has 1 heterocycles. The Morgan fingerprint density at radius 2 is 1.69 bits per heavy atom. The van der Waals surface area contributed by atoms with E-state index in [1.165, 1.54) is 10.8 Å². The Bertz CT molecular complexity index is 928. The summed E-state index contributed by atoms with van der Waals surface area (Å²) in [6.07, 6.45) is 1.42. The van der Waals surface area contributed by atoms with E-state index < -0.39 is 17.4 Å². The van der Waals surface area contributed by atoms with Gasteiger partial charge in [0.15, 0.2) is 5.41 Å². The van der Waals surface area contributed by atoms with Crippen LogP contribution in [-0.4, -0.2) is 34.5 Å². The number of halogens is 1. The fourth-order valence-corrected chi connectivity index (χ4v) is 3.77. The second-order valence-corrected chi connectivity index (χ2v) is 7.22. The van der Waals surface area contributed by atoms with Crippen molar-refractivity contribution in [3.8, 4) is 5.69 Å². The van der Waals surface area contributed by atoms with Crippen molar-refractivity contribution in [3.63, 3.8) is 0 Å². The first-order chi connectivity index (χ1) is 13.8. The number of allylic oxidation sites excluding steroid dienone is 1. The topological polar surface area (TPSA) is 79.5 Å². The zero-order chi connectivity index (χ0) is 21.6. The van der Waals surface area contributed by atoms with Crippen molar-refractivity contribution in [3.05, 3.63) is 63.5 Å². The molecule has 1 aromatic heterocycles. The van der Waals surface area contributed by atoms with Crippen LogP contribution in [0, 0.1) is 5.41 Å². The molecule has 0 amide bonds. The number of aromatic nitrogens is 2. The first-order valence-corrected chi connectivity index (χ1v) is 10.1. The van der Waals surface area contributed by atoms with Gasteiger partial charge in [-0.25, -0.2) is 4.68 Å². The number of ether oxygens (including phenoxy) is 2. The lowest BCUT2D eigenvalue weighted by Crippen LogP contribution is -2.44. The van der Waals surface area contributed by atoms with Gasteiger partial charge in [-0.15, -0.1) is 6.58 Å². The van der Waals surface area contributed by atoms with Gasteiger partial charge in [0.25, 0.3) is 5.56 Å². The van der Waals surface area contributed by atoms with Crippen LogP contribution in [0.1, 0.15) is 26.0 Å². The van der Waals surface area contributed by atoms with E-state index in [9.17, 15) is 14.4 Å². The Hall–Kier alpha value is -2.61. The van der Waals surface area contributed by atoms with Crippen molar-refractivity contribution in [2.24, 2.45) is 12.5 Å². The maximum absolute atomic E-state index is 12.9. The van der Waals surface area contributed by atoms with Gasteiger partial charge in [0.05, 0.1) is 24.6 Å². The Balaban J connectivity index is 2.65. The summed E-state index contributed by atoms with van der Waals surface area (Å²) in [5.41, 5.74) is -0.798. The predicted octanol–water partition coefficient (Wildman–Crippen LogP) is 3.17. The molecule has 0 N–H and O–H groups in total. The van der Waals surface area contributed by atoms with Crippen LogP contribution in [-0.2, 0) is 32.5 Å². The standard InChI is InChI=1S/C21H25BrN2O5/c1-5-13-21(19(26)28-6-2,20(27)29-7-3)14-16-17(22)18(25)24(23(16)4)15-11-9-8-10-12-15/h5,8-12H,1,6-7,13-14H2,2-4H3. The highest BCUT2D eigenvalue weighted by atomic mass is 79.9. The molecule has 29 heavy (non-hydrogen) atoms. The molecule has 0 spiro atoms. The molecule has 0 unspecified atom stereocenters. The zero-order valence-electron chi connectivity index (χ0n) is 16.8. The predicted molar refractivity (Wildman–Crippen MR) is 113 cm³/mol. The third-order valence-electron chi connectivity index (χ3n) is 4.62. The monoisotopic (exact) mass is 464 g/mol. The Morgan fingerprint density at radius 1 is 1.14 bits per heavy atom. The van der Waals surface area contributed by atoms with Gasteiger partial charge < -0.3 is 9.47 Å². The van der Waals surface area contributed by atoms with Crippen LogP contribution in [0.25, 0.3) is 5.69 Å². The number of carbonyl (C=O) groups excluding carboxylic acids is 2. The molecule has 156 valence electrons. The first-order valence-electron chi connectivity index (χ1n) is 9.31. The number of esters is 2. The quantitative estimate of drug-likeness (QED) is 0.323. The lowest BCUT2D eigenvalue weighted by atomic mass is 9.79. The van der Waals surface area contributed by atoms with E-state index in [2.05, 4.69) is 22.5 Å². The van der Waals surface area contributed by atoms with Crippen LogP contribution < -0.4 is 5.56 Å². The van der Waals surface area contributed by atoms with Gasteiger partial charge in [0, 0.05) is 13.5 Å². The lowest BCUT2D eigenvalue weighted by molar-refractivity contribution is -0.172. The number of carbonyl (C=O) groups is 2. The van der Waals surface area contributed by atoms with Crippen LogP contribution in [0.5, 0.6) is 0 Å². The summed E-state index contributed by atoms with van der Waals surface area (Å²) < 4.78 is 13.8. The van der Waals surface area contributed by atoms with Crippen molar-refractivity contribution in [1.29, 1.82) is 0 Å². The number of nitrogens with zero attached hydrogens (tertiary/aromatic N) is 2. The minimum Gasteiger partial charge on any atom is -0.465 e. The number of para-hydroxylation sites is 1. The summed E-state index contributed by atoms with van der Waals surface area (Å²) in [5.74, 6) is -1.41. The summed E-state index contributed by atoms with van der Waals surface area (Å²) in [7, 11) is 1.70. The highest BCUT2D eigenvalue weighted by molar-refractivity contribution is 9.10. The molecule has 2 aromatic rings. The molecule has 0 aliphatic carbocycles. The molecule has 1 aromatic carbocycles. The molecule has 0 saturated heterocycles. The van der Waals surface area contributed by atoms with Crippen molar-refractivity contribution >= 4 is 27.9 Å². The SMILES string of the molecule is C=CCC(Cc1c(Br)c(=O)n(-c2ccccc2)n1C)(C(=O)OCC)C(=O)OCC. The van der Waals surface area contributed by atoms with Gasteiger partial charge in [-0.05, 0) is 48.3 Å². The maximum Gasteiger partial charge on any atom is 0.324 e. The summed E-state index contributed by atoms with van der Waals surface area (Å²) >= 11 is 3.34. The van der Waals surface area contributed by atoms with Crippen LogP contribution in [0.2, 0.25) is 0 Å². The molecule has 0 saturated carbocycles. The van der Waals surface area contributed by atoms with Gasteiger partial charge in [-0.3, -0.25) is 19.1 Å². The fraction of sp³-hybridized carbons (Fsp3) is 0.381. The third-order valence-corrected chi connectivity index (χ3v) is 5.42. The summed E-state index contributed by atoms with van der Waals surface area (Å²) in [4.78, 5) is 38.6. The summed E-state index contributed by atoms with van der Waals surface area (Å²) in [6, 6.07) is 9.09. The molecule has 7 nitrogen and oxygen atoms in total. The maximum atomic E-state index is 12.9. The van der Waals surface area contributed by atoms with Crippen LogP contribution in [0.4, 0.5) is 0 Å². The third kappa shape index (κ3) is 4.37. The zero-order valence-corrected chi connectivity index (χ0v) is 18.4. The Kier molecular flexibility index (Phi) is 7.61. The van der Waals surface area contributed by atoms with E-state index in [1.54, 1.807) is 37.7 Å². The summed E-state index contributed by atoms with van der Waals surface area (Å²) in [6.45, 7) is 7.24. The van der Waals surface area contributed by atoms with Crippen LogP contribution in [0.3, 0.4) is 0 Å². The van der Waals surface area contributed by atoms with Crippen LogP contribution in [0.15, 0.2) is 52.3 Å². The molecule has 0 radical (unpaired) electrons. The van der Waals surface area contributed by atoms with Gasteiger partial charge >= 0.3 is 11.9 Å². The highest BCUT2D eigenvalue weighted by Gasteiger charge is 2.49. The molecule has 0 atom stereocenters. The van der Waals surface area contributed by atoms with Crippen molar-refractivity contribution in [1.82, 2.24) is 9.36 Å². The molecule has 8 heteroatoms. The van der Waals surface area contributed by atoms with Crippen molar-refractivity contribution in [2.75, 3.05) is 13.2 Å². The molecule has 0 aliphatic heterocycles. The smallest absolute Gasteiger partial charge is 0.324 e. The second-order valence-electron chi connectivity index (χ2n) is 6.43. The number of hydrogen-bond donors (Lipinski definition) is 0. The molecular weight excluding hydrogens is 440 g/mol. The minimum atomic E-state index is -1.64. The van der Waals surface area contributed by atoms with Gasteiger partial charge in [0.2, 0.25) is 0 Å². The van der Waals surface area contributed by atoms with E-state index in [1.807, 2.05) is 18.2 Å². The van der Waals surface area contributed by atoms with Gasteiger partial charge in [-0.2, -0.15) is 0 Å².